The summed E-state index contributed by atoms with van der Waals surface area (Å²) in [6.45, 7) is 2.10. The average molecular weight is 367 g/mol. The van der Waals surface area contributed by atoms with E-state index >= 15 is 0 Å². The number of methoxy groups -OCH3 is 1. The Morgan fingerprint density at radius 3 is 2.30 bits per heavy atom. The van der Waals surface area contributed by atoms with Crippen LogP contribution >= 0.6 is 0 Å². The van der Waals surface area contributed by atoms with Gasteiger partial charge in [0.05, 0.1) is 7.11 Å². The van der Waals surface area contributed by atoms with Gasteiger partial charge in [0.1, 0.15) is 5.75 Å². The number of piperazine rings is 1. The van der Waals surface area contributed by atoms with Crippen LogP contribution in [-0.2, 0) is 4.79 Å². The van der Waals surface area contributed by atoms with Gasteiger partial charge in [-0.05, 0) is 36.4 Å². The SMILES string of the molecule is COc1cccc(NC(=O)c2ccc(C(=O)N3CCN(C=O)CC3)cc2)c1. The van der Waals surface area contributed by atoms with E-state index in [0.717, 1.165) is 6.41 Å². The number of carbonyl (C=O) groups excluding carboxylic acids is 3. The van der Waals surface area contributed by atoms with Gasteiger partial charge in [-0.1, -0.05) is 6.07 Å². The van der Waals surface area contributed by atoms with Crippen molar-refractivity contribution in [3.63, 3.8) is 0 Å². The predicted octanol–water partition coefficient (Wildman–Crippen LogP) is 1.86. The third-order valence-electron chi connectivity index (χ3n) is 4.47. The van der Waals surface area contributed by atoms with Crippen LogP contribution in [0.4, 0.5) is 5.69 Å². The van der Waals surface area contributed by atoms with Crippen molar-refractivity contribution in [2.75, 3.05) is 38.6 Å². The van der Waals surface area contributed by atoms with Gasteiger partial charge in [0.15, 0.2) is 0 Å². The zero-order valence-electron chi connectivity index (χ0n) is 15.1. The monoisotopic (exact) mass is 367 g/mol. The summed E-state index contributed by atoms with van der Waals surface area (Å²) < 4.78 is 5.14. The standard InChI is InChI=1S/C20H21N3O4/c1-27-18-4-2-3-17(13-18)21-19(25)15-5-7-16(8-6-15)20(26)23-11-9-22(14-24)10-12-23/h2-8,13-14H,9-12H2,1H3,(H,21,25). The maximum atomic E-state index is 12.5. The van der Waals surface area contributed by atoms with Gasteiger partial charge in [-0.15, -0.1) is 0 Å². The van der Waals surface area contributed by atoms with E-state index in [1.165, 1.54) is 0 Å². The van der Waals surface area contributed by atoms with E-state index in [1.54, 1.807) is 65.4 Å². The Morgan fingerprint density at radius 2 is 1.67 bits per heavy atom. The quantitative estimate of drug-likeness (QED) is 0.818. The van der Waals surface area contributed by atoms with Gasteiger partial charge in [-0.25, -0.2) is 0 Å². The molecule has 1 fully saturated rings. The molecule has 7 heteroatoms. The predicted molar refractivity (Wildman–Crippen MR) is 101 cm³/mol. The molecule has 1 aliphatic rings. The first-order chi connectivity index (χ1) is 13.1. The van der Waals surface area contributed by atoms with Crippen LogP contribution in [0.25, 0.3) is 0 Å². The molecular weight excluding hydrogens is 346 g/mol. The minimum Gasteiger partial charge on any atom is -0.497 e. The van der Waals surface area contributed by atoms with Crippen molar-refractivity contribution in [2.45, 2.75) is 0 Å². The molecule has 1 aliphatic heterocycles. The second-order valence-electron chi connectivity index (χ2n) is 6.20. The summed E-state index contributed by atoms with van der Waals surface area (Å²) in [6.07, 6.45) is 0.803. The maximum absolute atomic E-state index is 12.5. The third kappa shape index (κ3) is 4.44. The first-order valence-corrected chi connectivity index (χ1v) is 8.65. The Bertz CT molecular complexity index is 827. The van der Waals surface area contributed by atoms with Crippen LogP contribution in [-0.4, -0.2) is 61.3 Å². The molecule has 140 valence electrons. The summed E-state index contributed by atoms with van der Waals surface area (Å²) in [5.41, 5.74) is 1.61. The number of hydrogen-bond acceptors (Lipinski definition) is 4. The molecule has 0 radical (unpaired) electrons. The molecule has 2 aromatic rings. The molecule has 2 aromatic carbocycles. The Kier molecular flexibility index (Phi) is 5.71. The summed E-state index contributed by atoms with van der Waals surface area (Å²) in [4.78, 5) is 39.0. The molecular formula is C20H21N3O4. The lowest BCUT2D eigenvalue weighted by molar-refractivity contribution is -0.119. The molecule has 0 bridgehead atoms. The maximum Gasteiger partial charge on any atom is 0.255 e. The summed E-state index contributed by atoms with van der Waals surface area (Å²) in [5, 5.41) is 2.80. The van der Waals surface area contributed by atoms with Gasteiger partial charge in [0.25, 0.3) is 11.8 Å². The lowest BCUT2D eigenvalue weighted by Gasteiger charge is -2.32. The van der Waals surface area contributed by atoms with Gasteiger partial charge in [0.2, 0.25) is 6.41 Å². The van der Waals surface area contributed by atoms with E-state index in [2.05, 4.69) is 5.32 Å². The molecule has 1 N–H and O–H groups in total. The number of ether oxygens (including phenoxy) is 1. The first-order valence-electron chi connectivity index (χ1n) is 8.65. The van der Waals surface area contributed by atoms with Crippen molar-refractivity contribution in [1.29, 1.82) is 0 Å². The molecule has 0 unspecified atom stereocenters. The van der Waals surface area contributed by atoms with E-state index < -0.39 is 0 Å². The Balaban J connectivity index is 1.63. The Morgan fingerprint density at radius 1 is 1.00 bits per heavy atom. The van der Waals surface area contributed by atoms with Crippen molar-refractivity contribution in [1.82, 2.24) is 9.80 Å². The summed E-state index contributed by atoms with van der Waals surface area (Å²) in [5.74, 6) is 0.297. The minimum absolute atomic E-state index is 0.0969. The average Bonchev–Trinajstić information content (AvgIpc) is 2.73. The van der Waals surface area contributed by atoms with Crippen LogP contribution in [0.3, 0.4) is 0 Å². The van der Waals surface area contributed by atoms with Gasteiger partial charge in [-0.3, -0.25) is 14.4 Å². The van der Waals surface area contributed by atoms with E-state index in [1.807, 2.05) is 0 Å². The second kappa shape index (κ2) is 8.35. The van der Waals surface area contributed by atoms with E-state index in [-0.39, 0.29) is 11.8 Å². The normalized spacial score (nSPS) is 13.8. The molecule has 0 aliphatic carbocycles. The lowest BCUT2D eigenvalue weighted by Crippen LogP contribution is -2.48. The number of nitrogens with one attached hydrogen (secondary N) is 1. The van der Waals surface area contributed by atoms with Crippen LogP contribution in [0.1, 0.15) is 20.7 Å². The highest BCUT2D eigenvalue weighted by molar-refractivity contribution is 6.05. The smallest absolute Gasteiger partial charge is 0.255 e. The highest BCUT2D eigenvalue weighted by atomic mass is 16.5. The van der Waals surface area contributed by atoms with Gasteiger partial charge in [0, 0.05) is 49.1 Å². The van der Waals surface area contributed by atoms with Crippen LogP contribution in [0.2, 0.25) is 0 Å². The largest absolute Gasteiger partial charge is 0.497 e. The van der Waals surface area contributed by atoms with Gasteiger partial charge < -0.3 is 19.9 Å². The van der Waals surface area contributed by atoms with Crippen LogP contribution in [0, 0.1) is 0 Å². The summed E-state index contributed by atoms with van der Waals surface area (Å²) in [6, 6.07) is 13.6. The number of nitrogens with zero attached hydrogens (tertiary/aromatic N) is 2. The van der Waals surface area contributed by atoms with Crippen molar-refractivity contribution in [2.24, 2.45) is 0 Å². The number of anilines is 1. The zero-order valence-corrected chi connectivity index (χ0v) is 15.1. The molecule has 0 saturated carbocycles. The number of benzene rings is 2. The van der Waals surface area contributed by atoms with Crippen molar-refractivity contribution in [3.05, 3.63) is 59.7 Å². The molecule has 0 aromatic heterocycles. The summed E-state index contributed by atoms with van der Waals surface area (Å²) >= 11 is 0. The molecule has 0 atom stereocenters. The Labute approximate surface area is 157 Å². The van der Waals surface area contributed by atoms with Crippen LogP contribution in [0.5, 0.6) is 5.75 Å². The van der Waals surface area contributed by atoms with E-state index in [0.29, 0.717) is 48.7 Å². The topological polar surface area (TPSA) is 79.0 Å². The van der Waals surface area contributed by atoms with E-state index in [9.17, 15) is 14.4 Å². The molecule has 27 heavy (non-hydrogen) atoms. The number of carbonyl (C=O) groups is 3. The fourth-order valence-corrected chi connectivity index (χ4v) is 2.88. The molecule has 0 spiro atoms. The first kappa shape index (κ1) is 18.4. The molecule has 7 nitrogen and oxygen atoms in total. The van der Waals surface area contributed by atoms with Crippen molar-refractivity contribution < 1.29 is 19.1 Å². The zero-order chi connectivity index (χ0) is 19.2. The molecule has 1 heterocycles. The fraction of sp³-hybridized carbons (Fsp3) is 0.250. The van der Waals surface area contributed by atoms with Gasteiger partial charge in [-0.2, -0.15) is 0 Å². The lowest BCUT2D eigenvalue weighted by atomic mass is 10.1. The Hall–Kier alpha value is -3.35. The highest BCUT2D eigenvalue weighted by Gasteiger charge is 2.21. The molecule has 1 saturated heterocycles. The van der Waals surface area contributed by atoms with Gasteiger partial charge >= 0.3 is 0 Å². The minimum atomic E-state index is -0.262. The third-order valence-corrected chi connectivity index (χ3v) is 4.47. The molecule has 3 amide bonds. The van der Waals surface area contributed by atoms with E-state index in [4.69, 9.17) is 4.74 Å². The van der Waals surface area contributed by atoms with Crippen LogP contribution < -0.4 is 10.1 Å². The highest BCUT2D eigenvalue weighted by Crippen LogP contribution is 2.18. The molecule has 3 rings (SSSR count). The van der Waals surface area contributed by atoms with Crippen molar-refractivity contribution >= 4 is 23.9 Å². The van der Waals surface area contributed by atoms with Crippen molar-refractivity contribution in [3.8, 4) is 5.75 Å². The number of amides is 3. The summed E-state index contributed by atoms with van der Waals surface area (Å²) in [7, 11) is 1.56. The van der Waals surface area contributed by atoms with Crippen LogP contribution in [0.15, 0.2) is 48.5 Å². The number of rotatable bonds is 5. The fourth-order valence-electron chi connectivity index (χ4n) is 2.88. The second-order valence-corrected chi connectivity index (χ2v) is 6.20. The number of hydrogen-bond donors (Lipinski definition) is 1.